The fourth-order valence-electron chi connectivity index (χ4n) is 3.06. The summed E-state index contributed by atoms with van der Waals surface area (Å²) in [7, 11) is 7.83. The summed E-state index contributed by atoms with van der Waals surface area (Å²) >= 11 is 0. The van der Waals surface area contributed by atoms with Gasteiger partial charge in [0.05, 0.1) is 12.2 Å². The van der Waals surface area contributed by atoms with Crippen LogP contribution in [0.3, 0.4) is 0 Å². The molecule has 0 unspecified atom stereocenters. The van der Waals surface area contributed by atoms with E-state index in [-0.39, 0.29) is 5.82 Å². The highest BCUT2D eigenvalue weighted by atomic mass is 19.1. The summed E-state index contributed by atoms with van der Waals surface area (Å²) in [4.78, 5) is 13.0. The molecule has 0 spiro atoms. The average Bonchev–Trinajstić information content (AvgIpc) is 2.54. The van der Waals surface area contributed by atoms with E-state index in [0.717, 1.165) is 44.2 Å². The minimum absolute atomic E-state index is 0.149. The standard InChI is InChI=1S/C18H30FN5/c1-6-23-9-11-24(12-10-23)17-8-7-15(13-16(17)19)14-20-18(21(2)3)22(4)5/h7-8,13H,6,9-12,14H2,1-5H3. The molecule has 24 heavy (non-hydrogen) atoms. The molecular weight excluding hydrogens is 305 g/mol. The van der Waals surface area contributed by atoms with Gasteiger partial charge in [-0.2, -0.15) is 0 Å². The van der Waals surface area contributed by atoms with Crippen molar-refractivity contribution < 1.29 is 4.39 Å². The Bertz CT molecular complexity index is 553. The number of halogens is 1. The highest BCUT2D eigenvalue weighted by molar-refractivity contribution is 5.79. The molecule has 6 heteroatoms. The Morgan fingerprint density at radius 2 is 1.71 bits per heavy atom. The fraction of sp³-hybridized carbons (Fsp3) is 0.611. The molecule has 1 heterocycles. The van der Waals surface area contributed by atoms with Crippen LogP contribution in [0, 0.1) is 5.82 Å². The van der Waals surface area contributed by atoms with E-state index in [2.05, 4.69) is 21.7 Å². The number of likely N-dealkylation sites (N-methyl/N-ethyl adjacent to an activating group) is 1. The zero-order valence-corrected chi connectivity index (χ0v) is 15.6. The summed E-state index contributed by atoms with van der Waals surface area (Å²) < 4.78 is 14.5. The average molecular weight is 335 g/mol. The molecule has 1 aromatic carbocycles. The quantitative estimate of drug-likeness (QED) is 0.620. The van der Waals surface area contributed by atoms with Crippen LogP contribution < -0.4 is 4.90 Å². The van der Waals surface area contributed by atoms with Crippen molar-refractivity contribution in [3.05, 3.63) is 29.6 Å². The first-order valence-corrected chi connectivity index (χ1v) is 8.57. The molecule has 134 valence electrons. The Balaban J connectivity index is 2.06. The lowest BCUT2D eigenvalue weighted by atomic mass is 10.1. The van der Waals surface area contributed by atoms with Gasteiger partial charge in [0, 0.05) is 54.4 Å². The van der Waals surface area contributed by atoms with E-state index in [9.17, 15) is 4.39 Å². The number of benzene rings is 1. The van der Waals surface area contributed by atoms with E-state index in [1.165, 1.54) is 0 Å². The molecule has 0 aliphatic carbocycles. The second kappa shape index (κ2) is 8.33. The number of hydrogen-bond donors (Lipinski definition) is 0. The number of guanidine groups is 1. The number of nitrogens with zero attached hydrogens (tertiary/aromatic N) is 5. The molecule has 0 bridgehead atoms. The summed E-state index contributed by atoms with van der Waals surface area (Å²) in [6, 6.07) is 5.50. The van der Waals surface area contributed by atoms with Gasteiger partial charge < -0.3 is 19.6 Å². The maximum Gasteiger partial charge on any atom is 0.195 e. The van der Waals surface area contributed by atoms with Gasteiger partial charge in [-0.05, 0) is 24.2 Å². The zero-order valence-electron chi connectivity index (χ0n) is 15.6. The maximum atomic E-state index is 14.5. The van der Waals surface area contributed by atoms with Gasteiger partial charge >= 0.3 is 0 Å². The van der Waals surface area contributed by atoms with Crippen LogP contribution in [0.5, 0.6) is 0 Å². The van der Waals surface area contributed by atoms with Gasteiger partial charge in [-0.1, -0.05) is 13.0 Å². The maximum absolute atomic E-state index is 14.5. The minimum Gasteiger partial charge on any atom is -0.367 e. The lowest BCUT2D eigenvalue weighted by Crippen LogP contribution is -2.46. The third-order valence-electron chi connectivity index (χ3n) is 4.38. The molecule has 0 amide bonds. The van der Waals surface area contributed by atoms with E-state index >= 15 is 0 Å². The van der Waals surface area contributed by atoms with Crippen LogP contribution >= 0.6 is 0 Å². The third-order valence-corrected chi connectivity index (χ3v) is 4.38. The number of aliphatic imine (C=N–C) groups is 1. The largest absolute Gasteiger partial charge is 0.367 e. The van der Waals surface area contributed by atoms with Crippen LogP contribution in [0.4, 0.5) is 10.1 Å². The zero-order chi connectivity index (χ0) is 17.7. The summed E-state index contributed by atoms with van der Waals surface area (Å²) in [5, 5.41) is 0. The van der Waals surface area contributed by atoms with Crippen molar-refractivity contribution in [2.75, 3.05) is 65.8 Å². The molecular formula is C18H30FN5. The summed E-state index contributed by atoms with van der Waals surface area (Å²) in [5.74, 6) is 0.721. The van der Waals surface area contributed by atoms with E-state index in [0.29, 0.717) is 12.2 Å². The molecule has 1 aliphatic heterocycles. The first-order valence-electron chi connectivity index (χ1n) is 8.57. The number of rotatable bonds is 4. The summed E-state index contributed by atoms with van der Waals surface area (Å²) in [6.07, 6.45) is 0. The molecule has 1 saturated heterocycles. The van der Waals surface area contributed by atoms with Crippen molar-refractivity contribution in [1.82, 2.24) is 14.7 Å². The van der Waals surface area contributed by atoms with Crippen molar-refractivity contribution in [2.24, 2.45) is 4.99 Å². The van der Waals surface area contributed by atoms with Gasteiger partial charge in [0.2, 0.25) is 0 Å². The van der Waals surface area contributed by atoms with Gasteiger partial charge in [-0.25, -0.2) is 9.38 Å². The fourth-order valence-corrected chi connectivity index (χ4v) is 3.06. The smallest absolute Gasteiger partial charge is 0.195 e. The van der Waals surface area contributed by atoms with Gasteiger partial charge in [-0.3, -0.25) is 0 Å². The highest BCUT2D eigenvalue weighted by Gasteiger charge is 2.18. The van der Waals surface area contributed by atoms with Crippen LogP contribution in [0.2, 0.25) is 0 Å². The molecule has 1 aliphatic rings. The topological polar surface area (TPSA) is 25.3 Å². The van der Waals surface area contributed by atoms with E-state index in [4.69, 9.17) is 0 Å². The number of hydrogen-bond acceptors (Lipinski definition) is 3. The first-order chi connectivity index (χ1) is 11.4. The predicted octanol–water partition coefficient (Wildman–Crippen LogP) is 1.95. The van der Waals surface area contributed by atoms with Gasteiger partial charge in [0.15, 0.2) is 5.96 Å². The molecule has 0 saturated carbocycles. The molecule has 0 atom stereocenters. The lowest BCUT2D eigenvalue weighted by molar-refractivity contribution is 0.270. The Labute approximate surface area is 145 Å². The number of anilines is 1. The van der Waals surface area contributed by atoms with Crippen LogP contribution in [0.25, 0.3) is 0 Å². The lowest BCUT2D eigenvalue weighted by Gasteiger charge is -2.35. The van der Waals surface area contributed by atoms with E-state index in [1.54, 1.807) is 6.07 Å². The molecule has 2 rings (SSSR count). The van der Waals surface area contributed by atoms with Crippen LogP contribution in [0.1, 0.15) is 12.5 Å². The van der Waals surface area contributed by atoms with Gasteiger partial charge in [-0.15, -0.1) is 0 Å². The van der Waals surface area contributed by atoms with Crippen molar-refractivity contribution in [3.8, 4) is 0 Å². The predicted molar refractivity (Wildman–Crippen MR) is 99.2 cm³/mol. The van der Waals surface area contributed by atoms with Crippen LogP contribution in [0.15, 0.2) is 23.2 Å². The molecule has 1 fully saturated rings. The molecule has 1 aromatic rings. The Morgan fingerprint density at radius 3 is 2.21 bits per heavy atom. The third kappa shape index (κ3) is 4.60. The van der Waals surface area contributed by atoms with Crippen LogP contribution in [-0.4, -0.2) is 81.6 Å². The molecule has 0 radical (unpaired) electrons. The monoisotopic (exact) mass is 335 g/mol. The molecule has 5 nitrogen and oxygen atoms in total. The van der Waals surface area contributed by atoms with Crippen LogP contribution in [-0.2, 0) is 6.54 Å². The van der Waals surface area contributed by atoms with Gasteiger partial charge in [0.25, 0.3) is 0 Å². The van der Waals surface area contributed by atoms with E-state index < -0.39 is 0 Å². The highest BCUT2D eigenvalue weighted by Crippen LogP contribution is 2.22. The van der Waals surface area contributed by atoms with E-state index in [1.807, 2.05) is 50.1 Å². The second-order valence-corrected chi connectivity index (χ2v) is 6.61. The van der Waals surface area contributed by atoms with Crippen molar-refractivity contribution in [3.63, 3.8) is 0 Å². The van der Waals surface area contributed by atoms with Crippen molar-refractivity contribution >= 4 is 11.6 Å². The first kappa shape index (κ1) is 18.5. The summed E-state index contributed by atoms with van der Waals surface area (Å²) in [6.45, 7) is 7.47. The SMILES string of the molecule is CCN1CCN(c2ccc(CN=C(N(C)C)N(C)C)cc2F)CC1. The minimum atomic E-state index is -0.149. The molecule has 0 N–H and O–H groups in total. The van der Waals surface area contributed by atoms with Gasteiger partial charge in [0.1, 0.15) is 5.82 Å². The Kier molecular flexibility index (Phi) is 6.43. The Hall–Kier alpha value is -1.82. The van der Waals surface area contributed by atoms with Crippen molar-refractivity contribution in [1.29, 1.82) is 0 Å². The summed E-state index contributed by atoms with van der Waals surface area (Å²) in [5.41, 5.74) is 1.60. The normalized spacial score (nSPS) is 15.3. The van der Waals surface area contributed by atoms with Crippen molar-refractivity contribution in [2.45, 2.75) is 13.5 Å². The Morgan fingerprint density at radius 1 is 1.08 bits per heavy atom. The second-order valence-electron chi connectivity index (χ2n) is 6.61. The molecule has 0 aromatic heterocycles. The number of piperazine rings is 1.